The Morgan fingerprint density at radius 2 is 2.00 bits per heavy atom. The summed E-state index contributed by atoms with van der Waals surface area (Å²) >= 11 is 6.22. The first-order chi connectivity index (χ1) is 12.4. The van der Waals surface area contributed by atoms with Gasteiger partial charge in [0.2, 0.25) is 0 Å². The first kappa shape index (κ1) is 19.8. The molecular weight excluding hydrogens is 350 g/mol. The topological polar surface area (TPSA) is 62.7 Å². The van der Waals surface area contributed by atoms with Crippen LogP contribution in [-0.2, 0) is 0 Å². The molecule has 0 unspecified atom stereocenters. The molecule has 0 aliphatic heterocycles. The predicted molar refractivity (Wildman–Crippen MR) is 107 cm³/mol. The Bertz CT molecular complexity index is 806. The third kappa shape index (κ3) is 5.77. The monoisotopic (exact) mass is 373 g/mol. The Labute approximate surface area is 159 Å². The highest BCUT2D eigenvalue weighted by atomic mass is 35.5. The molecule has 0 aliphatic carbocycles. The number of hydrogen-bond acceptors (Lipinski definition) is 3. The van der Waals surface area contributed by atoms with Gasteiger partial charge in [-0.2, -0.15) is 5.10 Å². The van der Waals surface area contributed by atoms with Gasteiger partial charge in [-0.3, -0.25) is 0 Å². The quantitative estimate of drug-likeness (QED) is 0.533. The van der Waals surface area contributed by atoms with E-state index in [0.717, 1.165) is 23.2 Å². The van der Waals surface area contributed by atoms with Crippen molar-refractivity contribution >= 4 is 29.5 Å². The third-order valence-electron chi connectivity index (χ3n) is 4.00. The lowest BCUT2D eigenvalue weighted by Gasteiger charge is -2.13. The summed E-state index contributed by atoms with van der Waals surface area (Å²) in [5.74, 6) is 0.638. The Balaban J connectivity index is 1.92. The smallest absolute Gasteiger partial charge is 0.339 e. The van der Waals surface area contributed by atoms with Crippen LogP contribution in [0.1, 0.15) is 37.0 Å². The van der Waals surface area contributed by atoms with E-state index >= 15 is 0 Å². The molecule has 2 N–H and O–H groups in total. The molecule has 0 bridgehead atoms. The van der Waals surface area contributed by atoms with Gasteiger partial charge in [-0.15, -0.1) is 0 Å². The van der Waals surface area contributed by atoms with Crippen molar-refractivity contribution in [3.8, 4) is 5.75 Å². The van der Waals surface area contributed by atoms with E-state index in [-0.39, 0.29) is 6.10 Å². The molecule has 0 aromatic heterocycles. The van der Waals surface area contributed by atoms with E-state index in [2.05, 4.69) is 15.8 Å². The van der Waals surface area contributed by atoms with Crippen molar-refractivity contribution in [2.75, 3.05) is 5.32 Å². The molecule has 0 saturated heterocycles. The number of nitrogens with zero attached hydrogens (tertiary/aromatic N) is 1. The molecule has 138 valence electrons. The van der Waals surface area contributed by atoms with Crippen molar-refractivity contribution in [2.45, 2.75) is 40.2 Å². The van der Waals surface area contributed by atoms with Gasteiger partial charge >= 0.3 is 6.03 Å². The van der Waals surface area contributed by atoms with Crippen LogP contribution in [0.15, 0.2) is 41.5 Å². The number of anilines is 1. The normalized spacial score (nSPS) is 12.0. The highest BCUT2D eigenvalue weighted by molar-refractivity contribution is 6.32. The Kier molecular flexibility index (Phi) is 7.04. The zero-order valence-corrected chi connectivity index (χ0v) is 16.2. The molecule has 0 aliphatic rings. The number of aryl methyl sites for hydroxylation is 2. The van der Waals surface area contributed by atoms with Gasteiger partial charge in [-0.05, 0) is 74.2 Å². The summed E-state index contributed by atoms with van der Waals surface area (Å²) in [6, 6.07) is 10.7. The van der Waals surface area contributed by atoms with Crippen LogP contribution in [-0.4, -0.2) is 18.3 Å². The highest BCUT2D eigenvalue weighted by Gasteiger charge is 2.06. The van der Waals surface area contributed by atoms with Crippen LogP contribution in [0.25, 0.3) is 0 Å². The molecule has 2 aromatic carbocycles. The predicted octanol–water partition coefficient (Wildman–Crippen LogP) is 5.29. The second kappa shape index (κ2) is 9.25. The molecule has 0 saturated carbocycles. The van der Waals surface area contributed by atoms with Crippen LogP contribution in [0.3, 0.4) is 0 Å². The zero-order valence-electron chi connectivity index (χ0n) is 15.5. The van der Waals surface area contributed by atoms with Crippen molar-refractivity contribution in [3.63, 3.8) is 0 Å². The van der Waals surface area contributed by atoms with Gasteiger partial charge in [-0.1, -0.05) is 24.6 Å². The minimum Gasteiger partial charge on any atom is -0.489 e. The van der Waals surface area contributed by atoms with Gasteiger partial charge in [-0.25, -0.2) is 10.2 Å². The average molecular weight is 374 g/mol. The second-order valence-corrected chi connectivity index (χ2v) is 6.56. The molecule has 6 heteroatoms. The van der Waals surface area contributed by atoms with Gasteiger partial charge < -0.3 is 10.1 Å². The highest BCUT2D eigenvalue weighted by Crippen LogP contribution is 2.26. The fourth-order valence-electron chi connectivity index (χ4n) is 2.14. The number of hydrazone groups is 1. The third-order valence-corrected chi connectivity index (χ3v) is 4.30. The molecule has 0 spiro atoms. The number of benzene rings is 2. The summed E-state index contributed by atoms with van der Waals surface area (Å²) < 4.78 is 5.72. The van der Waals surface area contributed by atoms with Crippen LogP contribution >= 0.6 is 11.6 Å². The zero-order chi connectivity index (χ0) is 19.1. The fraction of sp³-hybridized carbons (Fsp3) is 0.300. The van der Waals surface area contributed by atoms with Crippen molar-refractivity contribution in [2.24, 2.45) is 5.10 Å². The standard InChI is InChI=1S/C20H24ClN3O2/c1-5-15(4)26-19-9-7-16(11-18(19)21)12-22-24-20(25)23-17-8-6-13(2)14(3)10-17/h6-12,15H,5H2,1-4H3,(H2,23,24,25)/b22-12+/t15-/m0/s1. The minimum absolute atomic E-state index is 0.0998. The van der Waals surface area contributed by atoms with Crippen LogP contribution in [0.5, 0.6) is 5.75 Å². The molecular formula is C20H24ClN3O2. The summed E-state index contributed by atoms with van der Waals surface area (Å²) in [4.78, 5) is 11.9. The average Bonchev–Trinajstić information content (AvgIpc) is 2.60. The summed E-state index contributed by atoms with van der Waals surface area (Å²) in [7, 11) is 0. The molecule has 0 heterocycles. The number of halogens is 1. The van der Waals surface area contributed by atoms with E-state index < -0.39 is 6.03 Å². The van der Waals surface area contributed by atoms with Crippen LogP contribution < -0.4 is 15.5 Å². The van der Waals surface area contributed by atoms with Crippen molar-refractivity contribution in [3.05, 3.63) is 58.1 Å². The van der Waals surface area contributed by atoms with E-state index in [1.165, 1.54) is 11.8 Å². The van der Waals surface area contributed by atoms with E-state index in [9.17, 15) is 4.79 Å². The number of urea groups is 1. The van der Waals surface area contributed by atoms with Crippen molar-refractivity contribution < 1.29 is 9.53 Å². The molecule has 1 atom stereocenters. The van der Waals surface area contributed by atoms with Gasteiger partial charge in [0.1, 0.15) is 5.75 Å². The Morgan fingerprint density at radius 1 is 1.23 bits per heavy atom. The molecule has 5 nitrogen and oxygen atoms in total. The van der Waals surface area contributed by atoms with Crippen LogP contribution in [0, 0.1) is 13.8 Å². The fourth-order valence-corrected chi connectivity index (χ4v) is 2.37. The minimum atomic E-state index is -0.410. The lowest BCUT2D eigenvalue weighted by atomic mass is 10.1. The molecule has 2 aromatic rings. The van der Waals surface area contributed by atoms with Crippen molar-refractivity contribution in [1.82, 2.24) is 5.43 Å². The summed E-state index contributed by atoms with van der Waals surface area (Å²) in [6.07, 6.45) is 2.53. The number of carbonyl (C=O) groups excluding carboxylic acids is 1. The van der Waals surface area contributed by atoms with Crippen LogP contribution in [0.4, 0.5) is 10.5 Å². The van der Waals surface area contributed by atoms with Crippen LogP contribution in [0.2, 0.25) is 5.02 Å². The lowest BCUT2D eigenvalue weighted by molar-refractivity contribution is 0.217. The Morgan fingerprint density at radius 3 is 2.65 bits per heavy atom. The summed E-state index contributed by atoms with van der Waals surface area (Å²) in [5.41, 5.74) is 6.20. The first-order valence-electron chi connectivity index (χ1n) is 8.52. The molecule has 2 amide bonds. The molecule has 0 radical (unpaired) electrons. The van der Waals surface area contributed by atoms with Gasteiger partial charge in [0.05, 0.1) is 17.3 Å². The first-order valence-corrected chi connectivity index (χ1v) is 8.90. The van der Waals surface area contributed by atoms with Gasteiger partial charge in [0.25, 0.3) is 0 Å². The molecule has 0 fully saturated rings. The number of carbonyl (C=O) groups is 1. The maximum atomic E-state index is 11.9. The number of hydrogen-bond donors (Lipinski definition) is 2. The molecule has 26 heavy (non-hydrogen) atoms. The van der Waals surface area contributed by atoms with E-state index in [1.54, 1.807) is 12.1 Å². The van der Waals surface area contributed by atoms with E-state index in [4.69, 9.17) is 16.3 Å². The van der Waals surface area contributed by atoms with Gasteiger partial charge in [0, 0.05) is 5.69 Å². The second-order valence-electron chi connectivity index (χ2n) is 6.15. The molecule has 2 rings (SSSR count). The maximum Gasteiger partial charge on any atom is 0.339 e. The number of rotatable bonds is 6. The van der Waals surface area contributed by atoms with Crippen molar-refractivity contribution in [1.29, 1.82) is 0 Å². The summed E-state index contributed by atoms with van der Waals surface area (Å²) in [5, 5.41) is 7.18. The number of amides is 2. The SMILES string of the molecule is CC[C@H](C)Oc1ccc(/C=N/NC(=O)Nc2ccc(C)c(C)c2)cc1Cl. The maximum absolute atomic E-state index is 11.9. The number of ether oxygens (including phenoxy) is 1. The lowest BCUT2D eigenvalue weighted by Crippen LogP contribution is -2.24. The summed E-state index contributed by atoms with van der Waals surface area (Å²) in [6.45, 7) is 8.06. The van der Waals surface area contributed by atoms with E-state index in [0.29, 0.717) is 10.8 Å². The number of nitrogens with one attached hydrogen (secondary N) is 2. The Hall–Kier alpha value is -2.53. The largest absolute Gasteiger partial charge is 0.489 e. The van der Waals surface area contributed by atoms with E-state index in [1.807, 2.05) is 52.0 Å². The van der Waals surface area contributed by atoms with Gasteiger partial charge in [0.15, 0.2) is 0 Å².